The van der Waals surface area contributed by atoms with E-state index >= 15 is 0 Å². The number of anilines is 1. The summed E-state index contributed by atoms with van der Waals surface area (Å²) in [5, 5.41) is 5.01. The van der Waals surface area contributed by atoms with E-state index < -0.39 is 21.7 Å². The topological polar surface area (TPSA) is 94.3 Å². The van der Waals surface area contributed by atoms with Crippen LogP contribution < -0.4 is 4.90 Å². The Morgan fingerprint density at radius 2 is 1.46 bits per heavy atom. The highest BCUT2D eigenvalue weighted by Crippen LogP contribution is 2.45. The van der Waals surface area contributed by atoms with Gasteiger partial charge in [0.1, 0.15) is 24.9 Å². The van der Waals surface area contributed by atoms with E-state index in [2.05, 4.69) is 75.4 Å². The summed E-state index contributed by atoms with van der Waals surface area (Å²) in [6.07, 6.45) is 7.29. The fourth-order valence-electron chi connectivity index (χ4n) is 7.66. The van der Waals surface area contributed by atoms with Gasteiger partial charge in [-0.2, -0.15) is 9.61 Å². The third kappa shape index (κ3) is 9.79. The Hall–Kier alpha value is -3.59. The van der Waals surface area contributed by atoms with Crippen molar-refractivity contribution < 1.29 is 19.0 Å². The van der Waals surface area contributed by atoms with Gasteiger partial charge < -0.3 is 24.0 Å². The zero-order chi connectivity index (χ0) is 38.8. The van der Waals surface area contributed by atoms with Gasteiger partial charge in [0.05, 0.1) is 17.6 Å². The average Bonchev–Trinajstić information content (AvgIpc) is 3.63. The highest BCUT2D eigenvalue weighted by molar-refractivity contribution is 6.76. The van der Waals surface area contributed by atoms with Crippen LogP contribution in [0.5, 0.6) is 0 Å². The molecule has 0 N–H and O–H groups in total. The molecule has 1 aromatic carbocycles. The minimum absolute atomic E-state index is 0.120. The van der Waals surface area contributed by atoms with Crippen molar-refractivity contribution in [2.75, 3.05) is 31.6 Å². The molecule has 4 aromatic rings. The van der Waals surface area contributed by atoms with Crippen LogP contribution in [0, 0.1) is 6.92 Å². The number of rotatable bonds is 14. The molecule has 0 radical (unpaired) electrons. The predicted octanol–water partition coefficient (Wildman–Crippen LogP) is 9.84. The van der Waals surface area contributed by atoms with E-state index in [1.165, 1.54) is 0 Å². The number of hydrogen-bond donors (Lipinski definition) is 0. The number of aromatic nitrogens is 4. The van der Waals surface area contributed by atoms with Crippen molar-refractivity contribution in [2.45, 2.75) is 128 Å². The molecule has 1 amide bonds. The molecule has 0 spiro atoms. The summed E-state index contributed by atoms with van der Waals surface area (Å²) >= 11 is 0. The van der Waals surface area contributed by atoms with Gasteiger partial charge in [0.25, 0.3) is 0 Å². The van der Waals surface area contributed by atoms with Crippen molar-refractivity contribution in [1.82, 2.24) is 24.5 Å². The van der Waals surface area contributed by atoms with Gasteiger partial charge in [0, 0.05) is 75.8 Å². The maximum atomic E-state index is 13.4. The first kappa shape index (κ1) is 40.1. The third-order valence-corrected chi connectivity index (χ3v) is 14.0. The van der Waals surface area contributed by atoms with E-state index in [9.17, 15) is 4.79 Å². The number of carbonyl (C=O) groups is 1. The zero-order valence-corrected chi connectivity index (χ0v) is 36.3. The number of benzene rings is 1. The number of nitrogens with zero attached hydrogens (tertiary/aromatic N) is 6. The Bertz CT molecular complexity index is 1850. The number of amides is 1. The molecule has 292 valence electrons. The number of fused-ring (bicyclic) bond motifs is 3. The smallest absolute Gasteiger partial charge is 0.410 e. The average molecular weight is 771 g/mol. The minimum atomic E-state index is -1.28. The van der Waals surface area contributed by atoms with Gasteiger partial charge in [-0.25, -0.2) is 9.78 Å². The summed E-state index contributed by atoms with van der Waals surface area (Å²) in [4.78, 5) is 28.0. The van der Waals surface area contributed by atoms with Crippen molar-refractivity contribution in [2.24, 2.45) is 0 Å². The molecular formula is C42H62N6O4Si2. The molecule has 12 heteroatoms. The first-order valence-corrected chi connectivity index (χ1v) is 27.2. The second-order valence-electron chi connectivity index (χ2n) is 18.7. The fraction of sp³-hybridized carbons (Fsp3) is 0.571. The monoisotopic (exact) mass is 770 g/mol. The van der Waals surface area contributed by atoms with Crippen LogP contribution in [0.2, 0.25) is 51.4 Å². The van der Waals surface area contributed by atoms with E-state index in [0.717, 1.165) is 82.9 Å². The van der Waals surface area contributed by atoms with Crippen LogP contribution in [0.4, 0.5) is 10.6 Å². The molecule has 5 heterocycles. The second kappa shape index (κ2) is 16.3. The van der Waals surface area contributed by atoms with Gasteiger partial charge >= 0.3 is 6.09 Å². The van der Waals surface area contributed by atoms with Gasteiger partial charge in [0.2, 0.25) is 0 Å². The molecule has 10 nitrogen and oxygen atoms in total. The summed E-state index contributed by atoms with van der Waals surface area (Å²) < 4.78 is 20.7. The number of pyridine rings is 1. The van der Waals surface area contributed by atoms with Crippen LogP contribution in [0.1, 0.15) is 63.6 Å². The molecule has 54 heavy (non-hydrogen) atoms. The highest BCUT2D eigenvalue weighted by atomic mass is 28.3. The Balaban J connectivity index is 1.40. The Morgan fingerprint density at radius 3 is 2.00 bits per heavy atom. The minimum Gasteiger partial charge on any atom is -0.444 e. The SMILES string of the molecule is Cc1c(C2C[C@H]3CC[C@@H](C2)N3C(=O)OC(C)(C)C)nc2c(-c3ccc(-c4ccccc4)nc3)cnn2c1N(COCC[Si](C)(C)C)COCC[Si](C)(C)C. The Labute approximate surface area is 324 Å². The first-order valence-electron chi connectivity index (χ1n) is 19.8. The molecule has 2 bridgehead atoms. The van der Waals surface area contributed by atoms with E-state index in [4.69, 9.17) is 29.3 Å². The zero-order valence-electron chi connectivity index (χ0n) is 34.3. The predicted molar refractivity (Wildman–Crippen MR) is 224 cm³/mol. The molecule has 2 saturated heterocycles. The second-order valence-corrected chi connectivity index (χ2v) is 30.0. The Morgan fingerprint density at radius 1 is 0.852 bits per heavy atom. The Kier molecular flexibility index (Phi) is 12.1. The van der Waals surface area contributed by atoms with Crippen LogP contribution in [0.3, 0.4) is 0 Å². The van der Waals surface area contributed by atoms with Crippen molar-refractivity contribution in [1.29, 1.82) is 0 Å². The van der Waals surface area contributed by atoms with Crippen LogP contribution in [-0.2, 0) is 14.2 Å². The molecule has 0 aliphatic carbocycles. The molecule has 2 aliphatic heterocycles. The van der Waals surface area contributed by atoms with Crippen molar-refractivity contribution in [3.8, 4) is 22.4 Å². The first-order chi connectivity index (χ1) is 25.5. The molecule has 0 saturated carbocycles. The summed E-state index contributed by atoms with van der Waals surface area (Å²) in [5.74, 6) is 1.12. The van der Waals surface area contributed by atoms with E-state index in [1.807, 2.05) is 60.8 Å². The van der Waals surface area contributed by atoms with Gasteiger partial charge in [-0.1, -0.05) is 75.7 Å². The van der Waals surface area contributed by atoms with Crippen molar-refractivity contribution in [3.63, 3.8) is 0 Å². The summed E-state index contributed by atoms with van der Waals surface area (Å²) in [7, 11) is -2.56. The van der Waals surface area contributed by atoms with Crippen LogP contribution in [-0.4, -0.2) is 91.1 Å². The summed E-state index contributed by atoms with van der Waals surface area (Å²) in [6.45, 7) is 24.5. The number of carbonyl (C=O) groups excluding carboxylic acids is 1. The van der Waals surface area contributed by atoms with E-state index in [1.54, 1.807) is 0 Å². The standard InChI is InChI=1S/C42H62N6O4Si2/c1-30-38(33-24-34-17-18-35(25-33)47(34)41(49)52-42(2,3)4)45-39-36(32-16-19-37(43-26-32)31-14-12-11-13-15-31)27-44-48(39)40(30)46(28-50-20-22-53(5,6)7)29-51-21-23-54(8,9)10/h11-16,19,26-27,33-35H,17-18,20-25,28-29H2,1-10H3/t33?,34-,35+. The number of piperidine rings is 1. The quantitative estimate of drug-likeness (QED) is 0.0711. The van der Waals surface area contributed by atoms with E-state index in [0.29, 0.717) is 26.7 Å². The lowest BCUT2D eigenvalue weighted by molar-refractivity contribution is 0.00567. The number of hydrogen-bond acceptors (Lipinski definition) is 8. The fourth-order valence-corrected chi connectivity index (χ4v) is 9.17. The van der Waals surface area contributed by atoms with Gasteiger partial charge in [-0.05, 0) is 71.5 Å². The lowest BCUT2D eigenvalue weighted by Crippen LogP contribution is -2.48. The van der Waals surface area contributed by atoms with E-state index in [-0.39, 0.29) is 24.1 Å². The number of ether oxygens (including phenoxy) is 3. The van der Waals surface area contributed by atoms with Crippen molar-refractivity contribution >= 4 is 33.7 Å². The van der Waals surface area contributed by atoms with Gasteiger partial charge in [-0.3, -0.25) is 4.98 Å². The molecule has 3 atom stereocenters. The largest absolute Gasteiger partial charge is 0.444 e. The molecule has 2 aliphatic rings. The van der Waals surface area contributed by atoms with Crippen LogP contribution >= 0.6 is 0 Å². The summed E-state index contributed by atoms with van der Waals surface area (Å²) in [6, 6.07) is 16.8. The molecule has 3 aromatic heterocycles. The molecule has 6 rings (SSSR count). The normalized spacial score (nSPS) is 19.1. The lowest BCUT2D eigenvalue weighted by atomic mass is 9.86. The molecular weight excluding hydrogens is 709 g/mol. The lowest BCUT2D eigenvalue weighted by Gasteiger charge is -2.40. The van der Waals surface area contributed by atoms with Crippen molar-refractivity contribution in [3.05, 3.63) is 66.1 Å². The third-order valence-electron chi connectivity index (χ3n) is 10.5. The van der Waals surface area contributed by atoms with Gasteiger partial charge in [-0.15, -0.1) is 0 Å². The van der Waals surface area contributed by atoms with Crippen LogP contribution in [0.15, 0.2) is 54.9 Å². The molecule has 2 fully saturated rings. The van der Waals surface area contributed by atoms with Gasteiger partial charge in [0.15, 0.2) is 5.65 Å². The van der Waals surface area contributed by atoms with Crippen LogP contribution in [0.25, 0.3) is 28.0 Å². The molecule has 1 unspecified atom stereocenters. The highest BCUT2D eigenvalue weighted by Gasteiger charge is 2.46. The summed E-state index contributed by atoms with van der Waals surface area (Å²) in [5.41, 5.74) is 6.28. The maximum Gasteiger partial charge on any atom is 0.410 e. The maximum absolute atomic E-state index is 13.4.